The zero-order valence-corrected chi connectivity index (χ0v) is 13.1. The maximum atomic E-state index is 5.58. The van der Waals surface area contributed by atoms with E-state index in [2.05, 4.69) is 44.1 Å². The van der Waals surface area contributed by atoms with Crippen LogP contribution in [0, 0.1) is 0 Å². The first-order chi connectivity index (χ1) is 9.81. The first kappa shape index (κ1) is 12.9. The molecule has 1 unspecified atom stereocenters. The summed E-state index contributed by atoms with van der Waals surface area (Å²) in [5, 5.41) is 4.98. The van der Waals surface area contributed by atoms with Gasteiger partial charge >= 0.3 is 0 Å². The maximum absolute atomic E-state index is 5.58. The third-order valence-corrected chi connectivity index (χ3v) is 4.87. The highest BCUT2D eigenvalue weighted by Gasteiger charge is 2.20. The van der Waals surface area contributed by atoms with Gasteiger partial charge in [0.15, 0.2) is 0 Å². The van der Waals surface area contributed by atoms with Crippen LogP contribution in [0.4, 0.5) is 0 Å². The molecule has 1 saturated heterocycles. The van der Waals surface area contributed by atoms with E-state index >= 15 is 0 Å². The number of nitrogens with one attached hydrogen (secondary N) is 1. The summed E-state index contributed by atoms with van der Waals surface area (Å²) in [6.07, 6.45) is 5.86. The van der Waals surface area contributed by atoms with Crippen molar-refractivity contribution in [3.8, 4) is 0 Å². The van der Waals surface area contributed by atoms with E-state index in [1.807, 2.05) is 0 Å². The van der Waals surface area contributed by atoms with Gasteiger partial charge in [0.1, 0.15) is 0 Å². The van der Waals surface area contributed by atoms with Gasteiger partial charge in [-0.3, -0.25) is 0 Å². The molecule has 2 aromatic rings. The lowest BCUT2D eigenvalue weighted by Gasteiger charge is -2.23. The van der Waals surface area contributed by atoms with Gasteiger partial charge in [-0.25, -0.2) is 0 Å². The van der Waals surface area contributed by atoms with Crippen molar-refractivity contribution >= 4 is 26.8 Å². The molecule has 4 rings (SSSR count). The molecule has 0 bridgehead atoms. The fourth-order valence-corrected chi connectivity index (χ4v) is 4.05. The summed E-state index contributed by atoms with van der Waals surface area (Å²) < 4.78 is 9.23. The number of ether oxygens (including phenoxy) is 1. The highest BCUT2D eigenvalue weighted by atomic mass is 79.9. The smallest absolute Gasteiger partial charge is 0.0623 e. The van der Waals surface area contributed by atoms with Crippen molar-refractivity contribution < 1.29 is 4.74 Å². The molecule has 3 heterocycles. The number of aromatic nitrogens is 1. The summed E-state index contributed by atoms with van der Waals surface area (Å²) >= 11 is 3.67. The Balaban J connectivity index is 1.76. The molecule has 2 aliphatic heterocycles. The van der Waals surface area contributed by atoms with Crippen LogP contribution in [0.25, 0.3) is 10.9 Å². The zero-order valence-electron chi connectivity index (χ0n) is 11.5. The molecule has 0 amide bonds. The summed E-state index contributed by atoms with van der Waals surface area (Å²) in [6.45, 7) is 3.79. The van der Waals surface area contributed by atoms with E-state index in [9.17, 15) is 0 Å². The van der Waals surface area contributed by atoms with Crippen LogP contribution in [0.3, 0.4) is 0 Å². The summed E-state index contributed by atoms with van der Waals surface area (Å²) in [7, 11) is 0. The minimum Gasteiger partial charge on any atom is -0.379 e. The van der Waals surface area contributed by atoms with Gasteiger partial charge in [-0.15, -0.1) is 0 Å². The van der Waals surface area contributed by atoms with Crippen LogP contribution in [0.1, 0.15) is 17.5 Å². The van der Waals surface area contributed by atoms with Crippen molar-refractivity contribution in [2.45, 2.75) is 31.8 Å². The van der Waals surface area contributed by atoms with Crippen LogP contribution in [0.15, 0.2) is 22.8 Å². The van der Waals surface area contributed by atoms with Crippen LogP contribution < -0.4 is 5.32 Å². The first-order valence-electron chi connectivity index (χ1n) is 7.42. The van der Waals surface area contributed by atoms with Crippen LogP contribution >= 0.6 is 15.9 Å². The quantitative estimate of drug-likeness (QED) is 0.913. The van der Waals surface area contributed by atoms with Gasteiger partial charge in [-0.1, -0.05) is 15.9 Å². The molecule has 1 aromatic heterocycles. The maximum Gasteiger partial charge on any atom is 0.0623 e. The number of aryl methyl sites for hydroxylation is 2. The number of morpholine rings is 1. The largest absolute Gasteiger partial charge is 0.379 e. The van der Waals surface area contributed by atoms with Gasteiger partial charge in [0, 0.05) is 35.2 Å². The van der Waals surface area contributed by atoms with Gasteiger partial charge in [0.25, 0.3) is 0 Å². The number of benzene rings is 1. The summed E-state index contributed by atoms with van der Waals surface area (Å²) in [4.78, 5) is 0. The van der Waals surface area contributed by atoms with Gasteiger partial charge in [0.05, 0.1) is 18.7 Å². The molecule has 1 aromatic carbocycles. The van der Waals surface area contributed by atoms with E-state index in [0.717, 1.165) is 32.7 Å². The fraction of sp³-hybridized carbons (Fsp3) is 0.500. The van der Waals surface area contributed by atoms with Gasteiger partial charge in [-0.05, 0) is 42.5 Å². The first-order valence-corrected chi connectivity index (χ1v) is 8.22. The monoisotopic (exact) mass is 334 g/mol. The van der Waals surface area contributed by atoms with E-state index in [1.54, 1.807) is 0 Å². The molecule has 1 atom stereocenters. The SMILES string of the molecule is Brc1cc2c3c(c1)c(CC1COCCN1)cn3CCC2. The molecule has 0 spiro atoms. The Morgan fingerprint density at radius 3 is 3.20 bits per heavy atom. The molecule has 1 N–H and O–H groups in total. The summed E-state index contributed by atoms with van der Waals surface area (Å²) in [6, 6.07) is 5.01. The van der Waals surface area contributed by atoms with Crippen molar-refractivity contribution in [3.05, 3.63) is 33.9 Å². The molecule has 0 radical (unpaired) electrons. The van der Waals surface area contributed by atoms with Crippen molar-refractivity contribution in [3.63, 3.8) is 0 Å². The molecular formula is C16H19BrN2O. The van der Waals surface area contributed by atoms with Gasteiger partial charge in [-0.2, -0.15) is 0 Å². The second-order valence-electron chi connectivity index (χ2n) is 5.84. The Kier molecular flexibility index (Phi) is 3.33. The van der Waals surface area contributed by atoms with Crippen molar-refractivity contribution in [1.29, 1.82) is 0 Å². The topological polar surface area (TPSA) is 26.2 Å². The lowest BCUT2D eigenvalue weighted by atomic mass is 10.0. The van der Waals surface area contributed by atoms with E-state index in [1.165, 1.54) is 39.3 Å². The number of hydrogen-bond donors (Lipinski definition) is 1. The number of rotatable bonds is 2. The molecule has 1 fully saturated rings. The lowest BCUT2D eigenvalue weighted by molar-refractivity contribution is 0.0771. The number of nitrogens with zero attached hydrogens (tertiary/aromatic N) is 1. The van der Waals surface area contributed by atoms with E-state index in [0.29, 0.717) is 6.04 Å². The standard InChI is InChI=1S/C16H19BrN2O/c17-13-6-11-2-1-4-19-9-12(15(8-13)16(11)19)7-14-10-20-5-3-18-14/h6,8-9,14,18H,1-5,7,10H2. The number of halogens is 1. The Labute approximate surface area is 127 Å². The normalized spacial score (nSPS) is 22.4. The second kappa shape index (κ2) is 5.17. The molecule has 106 valence electrons. The minimum atomic E-state index is 0.450. The van der Waals surface area contributed by atoms with E-state index < -0.39 is 0 Å². The highest BCUT2D eigenvalue weighted by Crippen LogP contribution is 2.33. The minimum absolute atomic E-state index is 0.450. The molecular weight excluding hydrogens is 316 g/mol. The Hall–Kier alpha value is -0.840. The molecule has 0 aliphatic carbocycles. The zero-order chi connectivity index (χ0) is 13.5. The third kappa shape index (κ3) is 2.20. The van der Waals surface area contributed by atoms with E-state index in [-0.39, 0.29) is 0 Å². The molecule has 0 saturated carbocycles. The van der Waals surface area contributed by atoms with Crippen LogP contribution in [-0.2, 0) is 24.1 Å². The predicted molar refractivity (Wildman–Crippen MR) is 84.3 cm³/mol. The Morgan fingerprint density at radius 1 is 1.40 bits per heavy atom. The van der Waals surface area contributed by atoms with Gasteiger partial charge in [0.2, 0.25) is 0 Å². The summed E-state index contributed by atoms with van der Waals surface area (Å²) in [5.41, 5.74) is 4.39. The van der Waals surface area contributed by atoms with Crippen molar-refractivity contribution in [2.24, 2.45) is 0 Å². The molecule has 2 aliphatic rings. The summed E-state index contributed by atoms with van der Waals surface area (Å²) in [5.74, 6) is 0. The van der Waals surface area contributed by atoms with Crippen LogP contribution in [0.2, 0.25) is 0 Å². The molecule has 20 heavy (non-hydrogen) atoms. The predicted octanol–water partition coefficient (Wildman–Crippen LogP) is 2.88. The Bertz CT molecular complexity index is 643. The van der Waals surface area contributed by atoms with Crippen LogP contribution in [0.5, 0.6) is 0 Å². The lowest BCUT2D eigenvalue weighted by Crippen LogP contribution is -2.42. The fourth-order valence-electron chi connectivity index (χ4n) is 3.55. The third-order valence-electron chi connectivity index (χ3n) is 4.41. The number of hydrogen-bond acceptors (Lipinski definition) is 2. The Morgan fingerprint density at radius 2 is 2.35 bits per heavy atom. The average Bonchev–Trinajstić information content (AvgIpc) is 2.79. The van der Waals surface area contributed by atoms with Crippen molar-refractivity contribution in [2.75, 3.05) is 19.8 Å². The highest BCUT2D eigenvalue weighted by molar-refractivity contribution is 9.10. The van der Waals surface area contributed by atoms with Crippen LogP contribution in [-0.4, -0.2) is 30.4 Å². The molecule has 3 nitrogen and oxygen atoms in total. The molecule has 4 heteroatoms. The van der Waals surface area contributed by atoms with Crippen molar-refractivity contribution in [1.82, 2.24) is 9.88 Å². The average molecular weight is 335 g/mol. The van der Waals surface area contributed by atoms with E-state index in [4.69, 9.17) is 4.74 Å². The second-order valence-corrected chi connectivity index (χ2v) is 6.76. The van der Waals surface area contributed by atoms with Gasteiger partial charge < -0.3 is 14.6 Å².